The molecule has 0 radical (unpaired) electrons. The van der Waals surface area contributed by atoms with Crippen molar-refractivity contribution >= 4 is 11.3 Å². The lowest BCUT2D eigenvalue weighted by Crippen LogP contribution is -2.42. The predicted octanol–water partition coefficient (Wildman–Crippen LogP) is 3.31. The zero-order valence-corrected chi connectivity index (χ0v) is 12.7. The normalized spacial score (nSPS) is 24.7. The van der Waals surface area contributed by atoms with Crippen molar-refractivity contribution in [2.45, 2.75) is 52.1 Å². The summed E-state index contributed by atoms with van der Waals surface area (Å²) in [6.45, 7) is 6.36. The molecule has 0 bridgehead atoms. The van der Waals surface area contributed by atoms with Crippen LogP contribution in [0.25, 0.3) is 0 Å². The lowest BCUT2D eigenvalue weighted by atomic mass is 9.83. The highest BCUT2D eigenvalue weighted by molar-refractivity contribution is 7.12. The molecule has 1 fully saturated rings. The van der Waals surface area contributed by atoms with E-state index in [4.69, 9.17) is 5.73 Å². The molecule has 0 aliphatic heterocycles. The Hall–Kier alpha value is -0.380. The molecule has 102 valence electrons. The number of nitrogens with two attached hydrogens (primary N) is 1. The molecule has 2 unspecified atom stereocenters. The summed E-state index contributed by atoms with van der Waals surface area (Å²) < 4.78 is 0. The van der Waals surface area contributed by atoms with Crippen molar-refractivity contribution in [2.24, 2.45) is 11.7 Å². The zero-order chi connectivity index (χ0) is 13.1. The van der Waals surface area contributed by atoms with E-state index in [1.807, 2.05) is 11.3 Å². The molecule has 1 heterocycles. The molecule has 1 aliphatic carbocycles. The maximum atomic E-state index is 5.93. The molecule has 0 spiro atoms. The first-order valence-corrected chi connectivity index (χ1v) is 7.89. The van der Waals surface area contributed by atoms with Crippen LogP contribution in [0.5, 0.6) is 0 Å². The van der Waals surface area contributed by atoms with Crippen LogP contribution in [0.1, 0.15) is 41.0 Å². The highest BCUT2D eigenvalue weighted by atomic mass is 32.1. The second-order valence-corrected chi connectivity index (χ2v) is 7.16. The van der Waals surface area contributed by atoms with E-state index in [-0.39, 0.29) is 0 Å². The first kappa shape index (κ1) is 14.0. The monoisotopic (exact) mass is 266 g/mol. The minimum atomic E-state index is 0.684. The number of thiophene rings is 1. The van der Waals surface area contributed by atoms with Gasteiger partial charge < -0.3 is 5.73 Å². The van der Waals surface area contributed by atoms with Gasteiger partial charge in [-0.05, 0) is 57.8 Å². The van der Waals surface area contributed by atoms with Gasteiger partial charge in [0.15, 0.2) is 0 Å². The van der Waals surface area contributed by atoms with Crippen molar-refractivity contribution in [1.82, 2.24) is 4.90 Å². The Bertz CT molecular complexity index is 386. The molecule has 2 nitrogen and oxygen atoms in total. The predicted molar refractivity (Wildman–Crippen MR) is 80.1 cm³/mol. The minimum Gasteiger partial charge on any atom is -0.330 e. The SMILES string of the molecule is Cc1cc(CN(C)C2CCCCC2CN)c(C)s1. The van der Waals surface area contributed by atoms with Crippen LogP contribution < -0.4 is 5.73 Å². The van der Waals surface area contributed by atoms with E-state index in [1.54, 1.807) is 0 Å². The molecule has 1 saturated carbocycles. The van der Waals surface area contributed by atoms with Gasteiger partial charge in [-0.2, -0.15) is 0 Å². The second kappa shape index (κ2) is 6.18. The van der Waals surface area contributed by atoms with Gasteiger partial charge in [-0.15, -0.1) is 11.3 Å². The highest BCUT2D eigenvalue weighted by Crippen LogP contribution is 2.29. The molecule has 2 rings (SSSR count). The Morgan fingerprint density at radius 1 is 1.33 bits per heavy atom. The van der Waals surface area contributed by atoms with E-state index >= 15 is 0 Å². The minimum absolute atomic E-state index is 0.684. The summed E-state index contributed by atoms with van der Waals surface area (Å²) >= 11 is 1.91. The largest absolute Gasteiger partial charge is 0.330 e. The molecule has 0 amide bonds. The smallest absolute Gasteiger partial charge is 0.0244 e. The maximum absolute atomic E-state index is 5.93. The molecule has 2 N–H and O–H groups in total. The van der Waals surface area contributed by atoms with E-state index in [9.17, 15) is 0 Å². The van der Waals surface area contributed by atoms with Gasteiger partial charge in [0.2, 0.25) is 0 Å². The highest BCUT2D eigenvalue weighted by Gasteiger charge is 2.27. The number of rotatable bonds is 4. The lowest BCUT2D eigenvalue weighted by Gasteiger charge is -2.37. The van der Waals surface area contributed by atoms with Gasteiger partial charge >= 0.3 is 0 Å². The molecule has 3 heteroatoms. The fourth-order valence-electron chi connectivity index (χ4n) is 3.27. The van der Waals surface area contributed by atoms with Crippen LogP contribution in [0.2, 0.25) is 0 Å². The molecule has 18 heavy (non-hydrogen) atoms. The van der Waals surface area contributed by atoms with Gasteiger partial charge in [0.1, 0.15) is 0 Å². The molecule has 0 saturated heterocycles. The summed E-state index contributed by atoms with van der Waals surface area (Å²) in [5.41, 5.74) is 7.44. The third-order valence-electron chi connectivity index (χ3n) is 4.30. The summed E-state index contributed by atoms with van der Waals surface area (Å²) in [7, 11) is 2.27. The lowest BCUT2D eigenvalue weighted by molar-refractivity contribution is 0.127. The Balaban J connectivity index is 2.02. The third kappa shape index (κ3) is 3.14. The maximum Gasteiger partial charge on any atom is 0.0244 e. The van der Waals surface area contributed by atoms with Gasteiger partial charge in [-0.1, -0.05) is 12.8 Å². The quantitative estimate of drug-likeness (QED) is 0.906. The van der Waals surface area contributed by atoms with Crippen LogP contribution in [0.4, 0.5) is 0 Å². The first-order chi connectivity index (χ1) is 8.61. The molecular weight excluding hydrogens is 240 g/mol. The van der Waals surface area contributed by atoms with Gasteiger partial charge in [-0.25, -0.2) is 0 Å². The van der Waals surface area contributed by atoms with E-state index in [2.05, 4.69) is 31.9 Å². The van der Waals surface area contributed by atoms with Crippen LogP contribution in [0, 0.1) is 19.8 Å². The Labute approximate surface area is 115 Å². The molecular formula is C15H26N2S. The van der Waals surface area contributed by atoms with Crippen molar-refractivity contribution in [1.29, 1.82) is 0 Å². The average molecular weight is 266 g/mol. The fourth-order valence-corrected chi connectivity index (χ4v) is 4.21. The van der Waals surface area contributed by atoms with Gasteiger partial charge in [0, 0.05) is 22.3 Å². The van der Waals surface area contributed by atoms with Crippen molar-refractivity contribution in [2.75, 3.05) is 13.6 Å². The van der Waals surface area contributed by atoms with Crippen molar-refractivity contribution in [3.63, 3.8) is 0 Å². The number of hydrogen-bond donors (Lipinski definition) is 1. The Morgan fingerprint density at radius 2 is 2.06 bits per heavy atom. The average Bonchev–Trinajstić information content (AvgIpc) is 2.67. The molecule has 1 aromatic heterocycles. The van der Waals surface area contributed by atoms with Crippen LogP contribution in [0.15, 0.2) is 6.07 Å². The van der Waals surface area contributed by atoms with Crippen LogP contribution >= 0.6 is 11.3 Å². The molecule has 2 atom stereocenters. The zero-order valence-electron chi connectivity index (χ0n) is 11.9. The second-order valence-electron chi connectivity index (χ2n) is 5.70. The van der Waals surface area contributed by atoms with Gasteiger partial charge in [0.05, 0.1) is 0 Å². The van der Waals surface area contributed by atoms with Gasteiger partial charge in [-0.3, -0.25) is 4.90 Å². The van der Waals surface area contributed by atoms with Crippen LogP contribution in [-0.2, 0) is 6.54 Å². The van der Waals surface area contributed by atoms with E-state index in [1.165, 1.54) is 41.0 Å². The molecule has 1 aromatic rings. The van der Waals surface area contributed by atoms with E-state index in [0.29, 0.717) is 12.0 Å². The standard InChI is InChI=1S/C15H26N2S/c1-11-8-14(12(2)18-11)10-17(3)15-7-5-4-6-13(15)9-16/h8,13,15H,4-7,9-10,16H2,1-3H3. The van der Waals surface area contributed by atoms with Gasteiger partial charge in [0.25, 0.3) is 0 Å². The van der Waals surface area contributed by atoms with Crippen LogP contribution in [0.3, 0.4) is 0 Å². The summed E-state index contributed by atoms with van der Waals surface area (Å²) in [6, 6.07) is 3.03. The first-order valence-electron chi connectivity index (χ1n) is 7.08. The summed E-state index contributed by atoms with van der Waals surface area (Å²) in [6.07, 6.45) is 5.36. The summed E-state index contributed by atoms with van der Waals surface area (Å²) in [5, 5.41) is 0. The van der Waals surface area contributed by atoms with E-state index in [0.717, 1.165) is 13.1 Å². The van der Waals surface area contributed by atoms with Crippen molar-refractivity contribution in [3.05, 3.63) is 21.4 Å². The van der Waals surface area contributed by atoms with Crippen molar-refractivity contribution in [3.8, 4) is 0 Å². The number of nitrogens with zero attached hydrogens (tertiary/aromatic N) is 1. The number of aryl methyl sites for hydroxylation is 2. The summed E-state index contributed by atoms with van der Waals surface area (Å²) in [5.74, 6) is 0.698. The number of hydrogen-bond acceptors (Lipinski definition) is 3. The molecule has 1 aliphatic rings. The third-order valence-corrected chi connectivity index (χ3v) is 5.31. The molecule has 0 aromatic carbocycles. The van der Waals surface area contributed by atoms with E-state index < -0.39 is 0 Å². The fraction of sp³-hybridized carbons (Fsp3) is 0.733. The van der Waals surface area contributed by atoms with Crippen LogP contribution in [-0.4, -0.2) is 24.5 Å². The Morgan fingerprint density at radius 3 is 2.67 bits per heavy atom. The summed E-state index contributed by atoms with van der Waals surface area (Å²) in [4.78, 5) is 5.43. The Kier molecular flexibility index (Phi) is 4.82. The van der Waals surface area contributed by atoms with Crippen molar-refractivity contribution < 1.29 is 0 Å². The topological polar surface area (TPSA) is 29.3 Å².